The summed E-state index contributed by atoms with van der Waals surface area (Å²) in [6, 6.07) is 24.3. The number of ether oxygens (including phenoxy) is 1. The van der Waals surface area contributed by atoms with E-state index in [4.69, 9.17) is 15.6 Å². The number of aromatic nitrogens is 4. The second kappa shape index (κ2) is 11.1. The van der Waals surface area contributed by atoms with Crippen LogP contribution in [0.4, 0.5) is 5.82 Å². The first kappa shape index (κ1) is 25.4. The maximum Gasteiger partial charge on any atom is 0.222 e. The maximum absolute atomic E-state index is 13.1. The van der Waals surface area contributed by atoms with E-state index >= 15 is 0 Å². The summed E-state index contributed by atoms with van der Waals surface area (Å²) in [5.41, 5.74) is 9.61. The highest BCUT2D eigenvalue weighted by Crippen LogP contribution is 2.35. The van der Waals surface area contributed by atoms with Crippen LogP contribution in [0.3, 0.4) is 0 Å². The largest absolute Gasteiger partial charge is 0.508 e. The highest BCUT2D eigenvalue weighted by molar-refractivity contribution is 5.98. The highest BCUT2D eigenvalue weighted by atomic mass is 16.5. The number of nitrogens with zero attached hydrogens (tertiary/aromatic N) is 5. The van der Waals surface area contributed by atoms with Crippen molar-refractivity contribution in [2.45, 2.75) is 31.7 Å². The lowest BCUT2D eigenvalue weighted by atomic mass is 10.0. The lowest BCUT2D eigenvalue weighted by molar-refractivity contribution is -0.132. The van der Waals surface area contributed by atoms with Gasteiger partial charge in [-0.25, -0.2) is 14.6 Å². The van der Waals surface area contributed by atoms with Gasteiger partial charge >= 0.3 is 0 Å². The van der Waals surface area contributed by atoms with Crippen molar-refractivity contribution < 1.29 is 14.6 Å². The van der Waals surface area contributed by atoms with Crippen LogP contribution in [0.1, 0.15) is 30.9 Å². The van der Waals surface area contributed by atoms with Crippen LogP contribution in [0.5, 0.6) is 17.2 Å². The number of phenols is 1. The fourth-order valence-electron chi connectivity index (χ4n) is 5.21. The molecule has 2 aromatic heterocycles. The van der Waals surface area contributed by atoms with Crippen molar-refractivity contribution >= 4 is 22.8 Å². The van der Waals surface area contributed by atoms with Crippen LogP contribution in [0.15, 0.2) is 85.2 Å². The van der Waals surface area contributed by atoms with E-state index in [-0.39, 0.29) is 17.7 Å². The smallest absolute Gasteiger partial charge is 0.222 e. The van der Waals surface area contributed by atoms with Gasteiger partial charge in [-0.15, -0.1) is 0 Å². The molecule has 9 heteroatoms. The predicted molar refractivity (Wildman–Crippen MR) is 153 cm³/mol. The van der Waals surface area contributed by atoms with E-state index in [0.717, 1.165) is 42.0 Å². The average Bonchev–Trinajstić information content (AvgIpc) is 3.39. The summed E-state index contributed by atoms with van der Waals surface area (Å²) >= 11 is 0. The lowest BCUT2D eigenvalue weighted by Gasteiger charge is -2.33. The molecular weight excluding hydrogens is 504 g/mol. The Morgan fingerprint density at radius 2 is 1.73 bits per heavy atom. The molecule has 0 spiro atoms. The molecule has 1 atom stereocenters. The van der Waals surface area contributed by atoms with Crippen LogP contribution in [0.2, 0.25) is 0 Å². The van der Waals surface area contributed by atoms with Gasteiger partial charge in [0, 0.05) is 25.1 Å². The number of hydrogen-bond acceptors (Lipinski definition) is 7. The molecule has 3 heterocycles. The van der Waals surface area contributed by atoms with Gasteiger partial charge in [0.05, 0.1) is 11.4 Å². The van der Waals surface area contributed by atoms with E-state index in [2.05, 4.69) is 9.97 Å². The number of para-hydroxylation sites is 1. The van der Waals surface area contributed by atoms with Crippen molar-refractivity contribution in [2.24, 2.45) is 0 Å². The molecule has 3 aromatic carbocycles. The maximum atomic E-state index is 13.1. The number of likely N-dealkylation sites (tertiary alicyclic amines) is 1. The summed E-state index contributed by atoms with van der Waals surface area (Å²) in [5.74, 6) is 2.19. The number of nitrogen functional groups attached to an aromatic ring is 1. The van der Waals surface area contributed by atoms with E-state index in [1.807, 2.05) is 76.3 Å². The number of nitrogens with two attached hydrogens (primary N) is 1. The first-order valence-corrected chi connectivity index (χ1v) is 13.4. The number of amides is 1. The van der Waals surface area contributed by atoms with Gasteiger partial charge in [0.15, 0.2) is 5.65 Å². The van der Waals surface area contributed by atoms with Crippen LogP contribution < -0.4 is 10.5 Å². The molecule has 9 nitrogen and oxygen atoms in total. The number of carbonyl (C=O) groups excluding carboxylic acids is 1. The molecule has 0 unspecified atom stereocenters. The van der Waals surface area contributed by atoms with Gasteiger partial charge < -0.3 is 20.5 Å². The topological polar surface area (TPSA) is 119 Å². The predicted octanol–water partition coefficient (Wildman–Crippen LogP) is 5.37. The highest BCUT2D eigenvalue weighted by Gasteiger charge is 2.28. The Balaban J connectivity index is 1.23. The summed E-state index contributed by atoms with van der Waals surface area (Å²) < 4.78 is 7.86. The number of piperidine rings is 1. The third kappa shape index (κ3) is 5.31. The number of rotatable bonds is 7. The van der Waals surface area contributed by atoms with Crippen molar-refractivity contribution in [3.8, 4) is 28.5 Å². The molecule has 0 radical (unpaired) electrons. The molecule has 0 saturated carbocycles. The lowest BCUT2D eigenvalue weighted by Crippen LogP contribution is -2.41. The van der Waals surface area contributed by atoms with Gasteiger partial charge in [-0.2, -0.15) is 5.10 Å². The van der Waals surface area contributed by atoms with Crippen molar-refractivity contribution in [3.05, 3.63) is 90.8 Å². The van der Waals surface area contributed by atoms with Gasteiger partial charge in [-0.1, -0.05) is 30.3 Å². The molecule has 1 saturated heterocycles. The summed E-state index contributed by atoms with van der Waals surface area (Å²) in [6.07, 6.45) is 4.25. The minimum atomic E-state index is -0.0300. The molecule has 5 aromatic rings. The minimum absolute atomic E-state index is 0.0300. The molecule has 6 rings (SSSR count). The second-order valence-corrected chi connectivity index (χ2v) is 9.99. The van der Waals surface area contributed by atoms with Crippen molar-refractivity contribution in [2.75, 3.05) is 18.8 Å². The normalized spacial score (nSPS) is 15.3. The average molecular weight is 535 g/mol. The standard InChI is InChI=1S/C31H30N6O3/c32-30-28-29(22-11-15-26(16-12-22)40-25-6-2-1-3-7-25)35-37(31(28)34-20-33-30)23-5-4-18-36(19-23)27(39)17-10-21-8-13-24(38)14-9-21/h1-3,6-9,11-16,20,23,38H,4-5,10,17-19H2,(H2,32,33,34)/t23-/m1/s1. The van der Waals surface area contributed by atoms with E-state index in [0.29, 0.717) is 41.9 Å². The number of phenolic OH excluding ortho intramolecular Hbond substituents is 1. The number of hydrogen-bond donors (Lipinski definition) is 2. The van der Waals surface area contributed by atoms with E-state index in [1.165, 1.54) is 6.33 Å². The molecule has 40 heavy (non-hydrogen) atoms. The Morgan fingerprint density at radius 3 is 2.50 bits per heavy atom. The number of carbonyl (C=O) groups is 1. The molecule has 1 aliphatic heterocycles. The minimum Gasteiger partial charge on any atom is -0.508 e. The van der Waals surface area contributed by atoms with Crippen LogP contribution in [0, 0.1) is 0 Å². The summed E-state index contributed by atoms with van der Waals surface area (Å²) in [4.78, 5) is 23.8. The summed E-state index contributed by atoms with van der Waals surface area (Å²) in [5, 5.41) is 15.2. The van der Waals surface area contributed by atoms with Crippen LogP contribution in [0.25, 0.3) is 22.3 Å². The van der Waals surface area contributed by atoms with Crippen molar-refractivity contribution in [1.29, 1.82) is 0 Å². The molecule has 1 amide bonds. The zero-order chi connectivity index (χ0) is 27.5. The van der Waals surface area contributed by atoms with Crippen molar-refractivity contribution in [1.82, 2.24) is 24.6 Å². The monoisotopic (exact) mass is 534 g/mol. The molecule has 202 valence electrons. The number of aryl methyl sites for hydroxylation is 1. The first-order valence-electron chi connectivity index (χ1n) is 13.4. The van der Waals surface area contributed by atoms with Crippen molar-refractivity contribution in [3.63, 3.8) is 0 Å². The number of aromatic hydroxyl groups is 1. The third-order valence-electron chi connectivity index (χ3n) is 7.28. The van der Waals surface area contributed by atoms with Crippen LogP contribution in [-0.2, 0) is 11.2 Å². The van der Waals surface area contributed by atoms with Gasteiger partial charge in [-0.05, 0) is 73.4 Å². The Hall–Kier alpha value is -4.92. The molecule has 0 bridgehead atoms. The SMILES string of the molecule is Nc1ncnc2c1c(-c1ccc(Oc3ccccc3)cc1)nn2[C@@H]1CCCN(C(=O)CCc2ccc(O)cc2)C1. The van der Waals surface area contributed by atoms with Gasteiger partial charge in [-0.3, -0.25) is 4.79 Å². The van der Waals surface area contributed by atoms with Crippen LogP contribution >= 0.6 is 0 Å². The fraction of sp³-hybridized carbons (Fsp3) is 0.226. The molecular formula is C31H30N6O3. The third-order valence-corrected chi connectivity index (χ3v) is 7.28. The molecule has 1 fully saturated rings. The van der Waals surface area contributed by atoms with E-state index in [1.54, 1.807) is 12.1 Å². The molecule has 3 N–H and O–H groups in total. The van der Waals surface area contributed by atoms with E-state index in [9.17, 15) is 9.90 Å². The molecule has 1 aliphatic rings. The van der Waals surface area contributed by atoms with Gasteiger partial charge in [0.25, 0.3) is 0 Å². The zero-order valence-corrected chi connectivity index (χ0v) is 22.0. The zero-order valence-electron chi connectivity index (χ0n) is 22.0. The number of benzene rings is 3. The van der Waals surface area contributed by atoms with E-state index < -0.39 is 0 Å². The Labute approximate surface area is 231 Å². The van der Waals surface area contributed by atoms with Crippen LogP contribution in [-0.4, -0.2) is 48.8 Å². The Bertz CT molecular complexity index is 1620. The number of fused-ring (bicyclic) bond motifs is 1. The number of anilines is 1. The van der Waals surface area contributed by atoms with Gasteiger partial charge in [0.2, 0.25) is 5.91 Å². The first-order chi connectivity index (χ1) is 19.5. The Kier molecular flexibility index (Phi) is 7.01. The quantitative estimate of drug-likeness (QED) is 0.288. The fourth-order valence-corrected chi connectivity index (χ4v) is 5.21. The molecule has 0 aliphatic carbocycles. The Morgan fingerprint density at radius 1 is 0.975 bits per heavy atom. The second-order valence-electron chi connectivity index (χ2n) is 9.99. The van der Waals surface area contributed by atoms with Gasteiger partial charge in [0.1, 0.15) is 35.1 Å². The summed E-state index contributed by atoms with van der Waals surface area (Å²) in [6.45, 7) is 1.27. The summed E-state index contributed by atoms with van der Waals surface area (Å²) in [7, 11) is 0.